The van der Waals surface area contributed by atoms with E-state index in [0.717, 1.165) is 24.2 Å². The molecule has 1 amide bonds. The van der Waals surface area contributed by atoms with Crippen LogP contribution in [0.25, 0.3) is 5.69 Å². The van der Waals surface area contributed by atoms with E-state index in [2.05, 4.69) is 42.0 Å². The predicted octanol–water partition coefficient (Wildman–Crippen LogP) is 5.01. The normalized spacial score (nSPS) is 33.1. The number of hydrogen-bond donors (Lipinski definition) is 1. The van der Waals surface area contributed by atoms with Gasteiger partial charge in [-0.2, -0.15) is 0 Å². The third-order valence-corrected chi connectivity index (χ3v) is 8.81. The fourth-order valence-corrected chi connectivity index (χ4v) is 6.80. The molecule has 3 saturated carbocycles. The summed E-state index contributed by atoms with van der Waals surface area (Å²) in [7, 11) is 0. The first kappa shape index (κ1) is 15.9. The van der Waals surface area contributed by atoms with Crippen molar-refractivity contribution in [2.45, 2.75) is 38.4 Å². The number of halogens is 1. The highest BCUT2D eigenvalue weighted by Gasteiger charge is 2.80. The Bertz CT molecular complexity index is 798. The lowest BCUT2D eigenvalue weighted by Crippen LogP contribution is -2.68. The fraction of sp³-hybridized carbons (Fsp3) is 0.450. The van der Waals surface area contributed by atoms with Crippen LogP contribution in [0.2, 0.25) is 0 Å². The summed E-state index contributed by atoms with van der Waals surface area (Å²) in [6.07, 6.45) is 6.04. The molecule has 1 heterocycles. The third kappa shape index (κ3) is 1.70. The van der Waals surface area contributed by atoms with Gasteiger partial charge < -0.3 is 9.88 Å². The molecule has 3 aliphatic carbocycles. The number of para-hydroxylation sites is 2. The minimum atomic E-state index is -0.328. The molecule has 0 saturated heterocycles. The smallest absolute Gasteiger partial charge is 0.232 e. The number of anilines is 1. The molecule has 3 aliphatic rings. The van der Waals surface area contributed by atoms with E-state index in [0.29, 0.717) is 0 Å². The van der Waals surface area contributed by atoms with Gasteiger partial charge in [0.05, 0.1) is 16.8 Å². The lowest BCUT2D eigenvalue weighted by Gasteiger charge is -2.64. The van der Waals surface area contributed by atoms with E-state index in [-0.39, 0.29) is 27.0 Å². The zero-order valence-electron chi connectivity index (χ0n) is 14.3. The van der Waals surface area contributed by atoms with Gasteiger partial charge in [-0.25, -0.2) is 0 Å². The Labute approximate surface area is 151 Å². The molecule has 0 spiro atoms. The number of nitrogens with zero attached hydrogens (tertiary/aromatic N) is 1. The second-order valence-electron chi connectivity index (χ2n) is 7.94. The molecule has 1 N–H and O–H groups in total. The van der Waals surface area contributed by atoms with Gasteiger partial charge in [0, 0.05) is 17.2 Å². The van der Waals surface area contributed by atoms with E-state index in [1.54, 1.807) is 0 Å². The van der Waals surface area contributed by atoms with E-state index in [9.17, 15) is 4.79 Å². The van der Waals surface area contributed by atoms with Gasteiger partial charge in [0.1, 0.15) is 0 Å². The topological polar surface area (TPSA) is 34.0 Å². The minimum absolute atomic E-state index is 0.000638. The Kier molecular flexibility index (Phi) is 3.31. The number of hydrogen-bond acceptors (Lipinski definition) is 1. The van der Waals surface area contributed by atoms with Crippen LogP contribution in [-0.2, 0) is 4.79 Å². The lowest BCUT2D eigenvalue weighted by molar-refractivity contribution is -0.155. The van der Waals surface area contributed by atoms with Crippen molar-refractivity contribution in [2.75, 3.05) is 5.32 Å². The van der Waals surface area contributed by atoms with Crippen molar-refractivity contribution < 1.29 is 4.79 Å². The summed E-state index contributed by atoms with van der Waals surface area (Å²) >= 11 is 3.85. The summed E-state index contributed by atoms with van der Waals surface area (Å²) in [4.78, 5) is 13.6. The number of amides is 1. The van der Waals surface area contributed by atoms with E-state index >= 15 is 0 Å². The number of nitrogens with one attached hydrogen (secondary N) is 1. The van der Waals surface area contributed by atoms with Crippen molar-refractivity contribution in [2.24, 2.45) is 16.2 Å². The summed E-state index contributed by atoms with van der Waals surface area (Å²) in [5.41, 5.74) is 1.73. The number of benzene rings is 1. The molecule has 126 valence electrons. The zero-order valence-corrected chi connectivity index (χ0v) is 15.9. The molecule has 2 aromatic rings. The third-order valence-electron chi connectivity index (χ3n) is 7.01. The van der Waals surface area contributed by atoms with Crippen LogP contribution in [0.3, 0.4) is 0 Å². The van der Waals surface area contributed by atoms with Crippen LogP contribution in [-0.4, -0.2) is 15.3 Å². The average molecular weight is 387 g/mol. The van der Waals surface area contributed by atoms with Crippen molar-refractivity contribution in [1.82, 2.24) is 4.57 Å². The zero-order chi connectivity index (χ0) is 17.2. The summed E-state index contributed by atoms with van der Waals surface area (Å²) in [6, 6.07) is 12.0. The molecular weight excluding hydrogens is 364 g/mol. The SMILES string of the molecule is CC12CCC(C(=O)Nc3ccccc3-n3cccc3)(C1Br)C2(C)C. The van der Waals surface area contributed by atoms with Gasteiger partial charge in [-0.3, -0.25) is 4.79 Å². The summed E-state index contributed by atoms with van der Waals surface area (Å²) < 4.78 is 2.03. The molecule has 3 nitrogen and oxygen atoms in total. The Morgan fingerprint density at radius 2 is 1.79 bits per heavy atom. The van der Waals surface area contributed by atoms with Crippen molar-refractivity contribution in [3.05, 3.63) is 48.8 Å². The number of carbonyl (C=O) groups is 1. The summed E-state index contributed by atoms with van der Waals surface area (Å²) in [5.74, 6) is 0.143. The van der Waals surface area contributed by atoms with Gasteiger partial charge in [-0.1, -0.05) is 48.8 Å². The first-order valence-electron chi connectivity index (χ1n) is 8.52. The Morgan fingerprint density at radius 1 is 1.12 bits per heavy atom. The lowest BCUT2D eigenvalue weighted by atomic mass is 9.43. The predicted molar refractivity (Wildman–Crippen MR) is 101 cm³/mol. The van der Waals surface area contributed by atoms with Crippen LogP contribution in [0.15, 0.2) is 48.8 Å². The Hall–Kier alpha value is -1.55. The standard InChI is InChI=1S/C20H23BrN2O/c1-18(2)19(3)10-11-20(18,16(19)21)17(24)22-14-8-4-5-9-15(14)23-12-6-7-13-23/h4-9,12-13,16H,10-11H2,1-3H3,(H,22,24). The van der Waals surface area contributed by atoms with Gasteiger partial charge in [-0.15, -0.1) is 0 Å². The molecule has 3 fully saturated rings. The Balaban J connectivity index is 1.68. The molecule has 3 atom stereocenters. The fourth-order valence-electron chi connectivity index (χ4n) is 4.99. The van der Waals surface area contributed by atoms with Crippen LogP contribution in [0.4, 0.5) is 5.69 Å². The van der Waals surface area contributed by atoms with Crippen molar-refractivity contribution in [3.63, 3.8) is 0 Å². The van der Waals surface area contributed by atoms with Gasteiger partial charge in [0.2, 0.25) is 5.91 Å². The van der Waals surface area contributed by atoms with E-state index in [4.69, 9.17) is 0 Å². The van der Waals surface area contributed by atoms with Gasteiger partial charge in [-0.05, 0) is 47.9 Å². The van der Waals surface area contributed by atoms with Crippen LogP contribution < -0.4 is 5.32 Å². The second kappa shape index (κ2) is 4.98. The second-order valence-corrected chi connectivity index (χ2v) is 8.85. The minimum Gasteiger partial charge on any atom is -0.324 e. The maximum absolute atomic E-state index is 13.3. The van der Waals surface area contributed by atoms with Crippen LogP contribution in [0.1, 0.15) is 33.6 Å². The van der Waals surface area contributed by atoms with Gasteiger partial charge >= 0.3 is 0 Å². The largest absolute Gasteiger partial charge is 0.324 e. The highest BCUT2D eigenvalue weighted by molar-refractivity contribution is 9.09. The molecule has 1 aromatic heterocycles. The van der Waals surface area contributed by atoms with Crippen LogP contribution >= 0.6 is 15.9 Å². The molecule has 24 heavy (non-hydrogen) atoms. The van der Waals surface area contributed by atoms with E-state index < -0.39 is 0 Å². The van der Waals surface area contributed by atoms with E-state index in [1.165, 1.54) is 0 Å². The van der Waals surface area contributed by atoms with Crippen LogP contribution in [0, 0.1) is 16.2 Å². The van der Waals surface area contributed by atoms with E-state index in [1.807, 2.05) is 53.4 Å². The van der Waals surface area contributed by atoms with Crippen LogP contribution in [0.5, 0.6) is 0 Å². The molecule has 3 unspecified atom stereocenters. The van der Waals surface area contributed by atoms with Crippen molar-refractivity contribution >= 4 is 27.5 Å². The first-order valence-corrected chi connectivity index (χ1v) is 9.44. The summed E-state index contributed by atoms with van der Waals surface area (Å²) in [6.45, 7) is 6.79. The molecule has 4 heteroatoms. The molecule has 2 bridgehead atoms. The summed E-state index contributed by atoms with van der Waals surface area (Å²) in [5, 5.41) is 3.23. The van der Waals surface area contributed by atoms with Gasteiger partial charge in [0.25, 0.3) is 0 Å². The highest BCUT2D eigenvalue weighted by Crippen LogP contribution is 2.79. The number of alkyl halides is 1. The molecule has 0 radical (unpaired) electrons. The molecule has 1 aromatic carbocycles. The number of rotatable bonds is 3. The van der Waals surface area contributed by atoms with Gasteiger partial charge in [0.15, 0.2) is 0 Å². The van der Waals surface area contributed by atoms with Crippen molar-refractivity contribution in [1.29, 1.82) is 0 Å². The highest BCUT2D eigenvalue weighted by atomic mass is 79.9. The average Bonchev–Trinajstić information content (AvgIpc) is 3.22. The number of carbonyl (C=O) groups excluding carboxylic acids is 1. The maximum Gasteiger partial charge on any atom is 0.232 e. The maximum atomic E-state index is 13.3. The molecule has 5 rings (SSSR count). The Morgan fingerprint density at radius 3 is 2.38 bits per heavy atom. The first-order chi connectivity index (χ1) is 11.3. The number of aromatic nitrogens is 1. The quantitative estimate of drug-likeness (QED) is 0.739. The molecular formula is C20H23BrN2O. The monoisotopic (exact) mass is 386 g/mol. The van der Waals surface area contributed by atoms with Crippen molar-refractivity contribution in [3.8, 4) is 5.69 Å². The molecule has 0 aliphatic heterocycles. The number of fused-ring (bicyclic) bond motifs is 1.